The van der Waals surface area contributed by atoms with Gasteiger partial charge in [0, 0.05) is 18.8 Å². The summed E-state index contributed by atoms with van der Waals surface area (Å²) in [5.41, 5.74) is 1.22. The van der Waals surface area contributed by atoms with E-state index in [0.29, 0.717) is 12.8 Å². The summed E-state index contributed by atoms with van der Waals surface area (Å²) in [4.78, 5) is 23.2. The average Bonchev–Trinajstić information content (AvgIpc) is 2.95. The number of rotatable bonds is 3. The van der Waals surface area contributed by atoms with E-state index in [9.17, 15) is 9.59 Å². The number of hydrogen-bond acceptors (Lipinski definition) is 4. The van der Waals surface area contributed by atoms with Crippen LogP contribution in [0.4, 0.5) is 0 Å². The lowest BCUT2D eigenvalue weighted by Gasteiger charge is -2.32. The van der Waals surface area contributed by atoms with E-state index in [1.54, 1.807) is 0 Å². The first-order chi connectivity index (χ1) is 10.2. The number of hydrogen-bond donors (Lipinski definition) is 0. The molecule has 3 atom stereocenters. The molecule has 112 valence electrons. The SMILES string of the molecule is O=C1CC[C@H](C(=O)O[C@H]2CCCC[C@@H]2c2ccccc2)O1. The Hall–Kier alpha value is -1.84. The molecule has 1 saturated carbocycles. The molecule has 1 aliphatic heterocycles. The third-order valence-electron chi connectivity index (χ3n) is 4.35. The maximum absolute atomic E-state index is 12.1. The van der Waals surface area contributed by atoms with Gasteiger partial charge in [0.25, 0.3) is 0 Å². The van der Waals surface area contributed by atoms with E-state index >= 15 is 0 Å². The van der Waals surface area contributed by atoms with Crippen molar-refractivity contribution >= 4 is 11.9 Å². The Morgan fingerprint density at radius 3 is 2.57 bits per heavy atom. The number of esters is 2. The van der Waals surface area contributed by atoms with Crippen LogP contribution in [0.1, 0.15) is 50.0 Å². The van der Waals surface area contributed by atoms with Crippen LogP contribution in [-0.4, -0.2) is 24.1 Å². The van der Waals surface area contributed by atoms with Gasteiger partial charge in [-0.15, -0.1) is 0 Å². The number of cyclic esters (lactones) is 1. The Kier molecular flexibility index (Phi) is 4.23. The summed E-state index contributed by atoms with van der Waals surface area (Å²) in [5, 5.41) is 0. The van der Waals surface area contributed by atoms with E-state index in [1.165, 1.54) is 5.56 Å². The Morgan fingerprint density at radius 1 is 1.10 bits per heavy atom. The van der Waals surface area contributed by atoms with Crippen LogP contribution < -0.4 is 0 Å². The van der Waals surface area contributed by atoms with Crippen molar-refractivity contribution in [1.82, 2.24) is 0 Å². The highest BCUT2D eigenvalue weighted by Gasteiger charge is 2.35. The van der Waals surface area contributed by atoms with E-state index < -0.39 is 6.10 Å². The zero-order valence-electron chi connectivity index (χ0n) is 12.0. The molecule has 0 amide bonds. The summed E-state index contributed by atoms with van der Waals surface area (Å²) in [6.07, 6.45) is 4.10. The highest BCUT2D eigenvalue weighted by Crippen LogP contribution is 2.35. The van der Waals surface area contributed by atoms with Crippen LogP contribution in [0.2, 0.25) is 0 Å². The first kappa shape index (κ1) is 14.1. The Bertz CT molecular complexity index is 511. The first-order valence-corrected chi connectivity index (χ1v) is 7.69. The fourth-order valence-electron chi connectivity index (χ4n) is 3.24. The van der Waals surface area contributed by atoms with Crippen LogP contribution in [0, 0.1) is 0 Å². The molecule has 0 bridgehead atoms. The number of carbonyl (C=O) groups excluding carboxylic acids is 2. The van der Waals surface area contributed by atoms with Crippen molar-refractivity contribution in [3.8, 4) is 0 Å². The molecule has 0 N–H and O–H groups in total. The predicted octanol–water partition coefficient (Wildman–Crippen LogP) is 2.96. The molecule has 1 aromatic rings. The maximum Gasteiger partial charge on any atom is 0.347 e. The molecular formula is C17H20O4. The molecule has 4 heteroatoms. The summed E-state index contributed by atoms with van der Waals surface area (Å²) in [6, 6.07) is 10.2. The minimum atomic E-state index is -0.698. The van der Waals surface area contributed by atoms with Crippen molar-refractivity contribution in [3.63, 3.8) is 0 Å². The molecule has 21 heavy (non-hydrogen) atoms. The van der Waals surface area contributed by atoms with Crippen LogP contribution in [0.5, 0.6) is 0 Å². The second kappa shape index (κ2) is 6.29. The first-order valence-electron chi connectivity index (χ1n) is 7.69. The summed E-state index contributed by atoms with van der Waals surface area (Å²) < 4.78 is 10.7. The van der Waals surface area contributed by atoms with Crippen molar-refractivity contribution in [1.29, 1.82) is 0 Å². The van der Waals surface area contributed by atoms with E-state index in [0.717, 1.165) is 25.7 Å². The minimum absolute atomic E-state index is 0.104. The third kappa shape index (κ3) is 3.26. The lowest BCUT2D eigenvalue weighted by Crippen LogP contribution is -2.33. The summed E-state index contributed by atoms with van der Waals surface area (Å²) >= 11 is 0. The van der Waals surface area contributed by atoms with E-state index in [-0.39, 0.29) is 24.0 Å². The number of ether oxygens (including phenoxy) is 2. The quantitative estimate of drug-likeness (QED) is 0.802. The van der Waals surface area contributed by atoms with Gasteiger partial charge < -0.3 is 9.47 Å². The maximum atomic E-state index is 12.1. The van der Waals surface area contributed by atoms with Gasteiger partial charge in [0.05, 0.1) is 0 Å². The molecule has 0 radical (unpaired) electrons. The molecule has 1 saturated heterocycles. The lowest BCUT2D eigenvalue weighted by atomic mass is 9.81. The van der Waals surface area contributed by atoms with Gasteiger partial charge in [-0.25, -0.2) is 4.79 Å². The van der Waals surface area contributed by atoms with Crippen LogP contribution in [0.15, 0.2) is 30.3 Å². The smallest absolute Gasteiger partial charge is 0.347 e. The van der Waals surface area contributed by atoms with Gasteiger partial charge in [-0.3, -0.25) is 4.79 Å². The van der Waals surface area contributed by atoms with Crippen LogP contribution in [0.3, 0.4) is 0 Å². The fraction of sp³-hybridized carbons (Fsp3) is 0.529. The normalized spacial score (nSPS) is 29.0. The van der Waals surface area contributed by atoms with Crippen LogP contribution in [0.25, 0.3) is 0 Å². The van der Waals surface area contributed by atoms with Gasteiger partial charge in [0.15, 0.2) is 6.10 Å². The molecular weight excluding hydrogens is 268 g/mol. The zero-order chi connectivity index (χ0) is 14.7. The van der Waals surface area contributed by atoms with Crippen molar-refractivity contribution in [2.45, 2.75) is 56.7 Å². The summed E-state index contributed by atoms with van der Waals surface area (Å²) in [6.45, 7) is 0. The lowest BCUT2D eigenvalue weighted by molar-refractivity contribution is -0.167. The van der Waals surface area contributed by atoms with Crippen molar-refractivity contribution in [2.24, 2.45) is 0 Å². The Balaban J connectivity index is 1.67. The van der Waals surface area contributed by atoms with Gasteiger partial charge in [-0.1, -0.05) is 36.8 Å². The molecule has 0 spiro atoms. The highest BCUT2D eigenvalue weighted by atomic mass is 16.6. The summed E-state index contributed by atoms with van der Waals surface area (Å²) in [7, 11) is 0. The average molecular weight is 288 g/mol. The zero-order valence-corrected chi connectivity index (χ0v) is 12.0. The van der Waals surface area contributed by atoms with Crippen molar-refractivity contribution in [3.05, 3.63) is 35.9 Å². The molecule has 0 aromatic heterocycles. The molecule has 0 unspecified atom stereocenters. The monoisotopic (exact) mass is 288 g/mol. The van der Waals surface area contributed by atoms with E-state index in [4.69, 9.17) is 9.47 Å². The topological polar surface area (TPSA) is 52.6 Å². The molecule has 1 aliphatic carbocycles. The van der Waals surface area contributed by atoms with Gasteiger partial charge in [0.2, 0.25) is 0 Å². The Morgan fingerprint density at radius 2 is 1.86 bits per heavy atom. The molecule has 1 aromatic carbocycles. The van der Waals surface area contributed by atoms with Crippen molar-refractivity contribution in [2.75, 3.05) is 0 Å². The molecule has 2 aliphatic rings. The standard InChI is InChI=1S/C17H20O4/c18-16-11-10-15(20-16)17(19)21-14-9-5-4-8-13(14)12-6-2-1-3-7-12/h1-3,6-7,13-15H,4-5,8-11H2/t13-,14+,15-/m1/s1. The largest absolute Gasteiger partial charge is 0.459 e. The van der Waals surface area contributed by atoms with Gasteiger partial charge in [-0.2, -0.15) is 0 Å². The van der Waals surface area contributed by atoms with Crippen LogP contribution in [-0.2, 0) is 19.1 Å². The molecule has 2 fully saturated rings. The number of benzene rings is 1. The van der Waals surface area contributed by atoms with E-state index in [2.05, 4.69) is 12.1 Å². The second-order valence-electron chi connectivity index (χ2n) is 5.79. The molecule has 3 rings (SSSR count). The number of carbonyl (C=O) groups is 2. The fourth-order valence-corrected chi connectivity index (χ4v) is 3.24. The highest BCUT2D eigenvalue weighted by molar-refractivity contribution is 5.82. The second-order valence-corrected chi connectivity index (χ2v) is 5.79. The van der Waals surface area contributed by atoms with Gasteiger partial charge >= 0.3 is 11.9 Å². The summed E-state index contributed by atoms with van der Waals surface area (Å²) in [5.74, 6) is -0.435. The predicted molar refractivity (Wildman–Crippen MR) is 76.6 cm³/mol. The third-order valence-corrected chi connectivity index (χ3v) is 4.35. The van der Waals surface area contributed by atoms with Gasteiger partial charge in [-0.05, 0) is 24.8 Å². The molecule has 4 nitrogen and oxygen atoms in total. The van der Waals surface area contributed by atoms with Crippen molar-refractivity contribution < 1.29 is 19.1 Å². The van der Waals surface area contributed by atoms with E-state index in [1.807, 2.05) is 18.2 Å². The Labute approximate surface area is 124 Å². The van der Waals surface area contributed by atoms with Gasteiger partial charge in [0.1, 0.15) is 6.10 Å². The minimum Gasteiger partial charge on any atom is -0.459 e. The molecule has 1 heterocycles. The van der Waals surface area contributed by atoms with Crippen LogP contribution >= 0.6 is 0 Å².